The van der Waals surface area contributed by atoms with E-state index in [0.29, 0.717) is 32.9 Å². The molecule has 3 heterocycles. The van der Waals surface area contributed by atoms with E-state index in [-0.39, 0.29) is 11.7 Å². The first kappa shape index (κ1) is 19.8. The SMILES string of the molecule is COc1cccc2c1ncc1c(=O)n(-c3cccc(Cl)c3)c(=O)n(C3CCNCC3)c12. The average molecular weight is 437 g/mol. The standard InChI is InChI=1S/C23H21ClN4O3/c1-31-19-7-3-6-17-20(19)26-13-18-21(17)27(15-8-10-25-11-9-15)23(30)28(22(18)29)16-5-2-4-14(24)12-16/h2-7,12-13,15,25H,8-11H2,1H3. The Bertz CT molecular complexity index is 1420. The van der Waals surface area contributed by atoms with Crippen LogP contribution in [0.2, 0.25) is 5.02 Å². The summed E-state index contributed by atoms with van der Waals surface area (Å²) in [5.41, 5.74) is 0.882. The van der Waals surface area contributed by atoms with Gasteiger partial charge in [0.05, 0.1) is 23.7 Å². The van der Waals surface area contributed by atoms with Crippen LogP contribution >= 0.6 is 11.6 Å². The second-order valence-electron chi connectivity index (χ2n) is 7.63. The van der Waals surface area contributed by atoms with Crippen LogP contribution < -0.4 is 21.3 Å². The maximum Gasteiger partial charge on any atom is 0.336 e. The third kappa shape index (κ3) is 3.21. The van der Waals surface area contributed by atoms with Crippen molar-refractivity contribution in [3.8, 4) is 11.4 Å². The summed E-state index contributed by atoms with van der Waals surface area (Å²) in [5, 5.41) is 4.91. The van der Waals surface area contributed by atoms with Crippen LogP contribution in [0.1, 0.15) is 18.9 Å². The summed E-state index contributed by atoms with van der Waals surface area (Å²) in [7, 11) is 1.58. The Kier molecular flexibility index (Phi) is 5.00. The lowest BCUT2D eigenvalue weighted by molar-refractivity contribution is 0.363. The van der Waals surface area contributed by atoms with Crippen molar-refractivity contribution in [2.45, 2.75) is 18.9 Å². The Labute approximate surface area is 182 Å². The average Bonchev–Trinajstić information content (AvgIpc) is 2.79. The molecule has 158 valence electrons. The van der Waals surface area contributed by atoms with Gasteiger partial charge in [-0.05, 0) is 50.2 Å². The second kappa shape index (κ2) is 7.83. The number of halogens is 1. The monoisotopic (exact) mass is 436 g/mol. The van der Waals surface area contributed by atoms with Crippen molar-refractivity contribution >= 4 is 33.4 Å². The molecule has 1 aliphatic heterocycles. The van der Waals surface area contributed by atoms with Gasteiger partial charge in [-0.2, -0.15) is 0 Å². The van der Waals surface area contributed by atoms with Crippen LogP contribution in [-0.4, -0.2) is 34.3 Å². The van der Waals surface area contributed by atoms with Crippen LogP contribution in [0.25, 0.3) is 27.5 Å². The molecule has 0 unspecified atom stereocenters. The van der Waals surface area contributed by atoms with Crippen molar-refractivity contribution < 1.29 is 4.74 Å². The lowest BCUT2D eigenvalue weighted by atomic mass is 10.0. The number of nitrogens with one attached hydrogen (secondary N) is 1. The molecule has 0 bridgehead atoms. The van der Waals surface area contributed by atoms with E-state index in [9.17, 15) is 9.59 Å². The van der Waals surface area contributed by atoms with E-state index in [0.717, 1.165) is 31.3 Å². The van der Waals surface area contributed by atoms with E-state index in [1.807, 2.05) is 18.2 Å². The van der Waals surface area contributed by atoms with Gasteiger partial charge in [0.1, 0.15) is 11.3 Å². The van der Waals surface area contributed by atoms with Gasteiger partial charge in [0, 0.05) is 22.6 Å². The minimum atomic E-state index is -0.412. The summed E-state index contributed by atoms with van der Waals surface area (Å²) in [6.45, 7) is 1.61. The molecule has 1 fully saturated rings. The van der Waals surface area contributed by atoms with Crippen LogP contribution in [0.15, 0.2) is 58.3 Å². The quantitative estimate of drug-likeness (QED) is 0.498. The fraction of sp³-hybridized carbons (Fsp3) is 0.261. The number of aromatic nitrogens is 3. The summed E-state index contributed by atoms with van der Waals surface area (Å²) in [6.07, 6.45) is 3.12. The Morgan fingerprint density at radius 3 is 2.61 bits per heavy atom. The van der Waals surface area contributed by atoms with Crippen molar-refractivity contribution in [1.29, 1.82) is 0 Å². The molecule has 0 spiro atoms. The number of benzene rings is 2. The molecule has 0 saturated carbocycles. The second-order valence-corrected chi connectivity index (χ2v) is 8.07. The number of methoxy groups -OCH3 is 1. The van der Waals surface area contributed by atoms with Crippen molar-refractivity contribution in [3.05, 3.63) is 74.5 Å². The normalized spacial score (nSPS) is 14.9. The first-order valence-electron chi connectivity index (χ1n) is 10.2. The number of piperidine rings is 1. The van der Waals surface area contributed by atoms with Gasteiger partial charge in [0.2, 0.25) is 0 Å². The predicted octanol–water partition coefficient (Wildman–Crippen LogP) is 3.29. The van der Waals surface area contributed by atoms with Gasteiger partial charge in [-0.15, -0.1) is 0 Å². The molecule has 0 atom stereocenters. The largest absolute Gasteiger partial charge is 0.494 e. The molecule has 1 saturated heterocycles. The first-order chi connectivity index (χ1) is 15.1. The Balaban J connectivity index is 1.96. The van der Waals surface area contributed by atoms with Crippen molar-refractivity contribution in [3.63, 3.8) is 0 Å². The lowest BCUT2D eigenvalue weighted by Crippen LogP contribution is -2.43. The highest BCUT2D eigenvalue weighted by Crippen LogP contribution is 2.31. The molecule has 5 rings (SSSR count). The van der Waals surface area contributed by atoms with Crippen LogP contribution in [0.3, 0.4) is 0 Å². The molecule has 0 radical (unpaired) electrons. The van der Waals surface area contributed by atoms with E-state index in [2.05, 4.69) is 10.3 Å². The highest BCUT2D eigenvalue weighted by atomic mass is 35.5. The van der Waals surface area contributed by atoms with E-state index < -0.39 is 5.56 Å². The van der Waals surface area contributed by atoms with Gasteiger partial charge in [0.25, 0.3) is 5.56 Å². The fourth-order valence-electron chi connectivity index (χ4n) is 4.42. The molecule has 2 aromatic heterocycles. The number of ether oxygens (including phenoxy) is 1. The smallest absolute Gasteiger partial charge is 0.336 e. The molecule has 8 heteroatoms. The highest BCUT2D eigenvalue weighted by Gasteiger charge is 2.24. The van der Waals surface area contributed by atoms with Crippen LogP contribution in [0.4, 0.5) is 0 Å². The molecule has 1 aliphatic rings. The third-order valence-electron chi connectivity index (χ3n) is 5.86. The predicted molar refractivity (Wildman–Crippen MR) is 122 cm³/mol. The van der Waals surface area contributed by atoms with E-state index in [1.165, 1.54) is 4.57 Å². The van der Waals surface area contributed by atoms with Gasteiger partial charge < -0.3 is 10.1 Å². The summed E-state index contributed by atoms with van der Waals surface area (Å²) in [4.78, 5) is 31.9. The van der Waals surface area contributed by atoms with E-state index >= 15 is 0 Å². The van der Waals surface area contributed by atoms with Gasteiger partial charge in [0.15, 0.2) is 0 Å². The number of rotatable bonds is 3. The molecular weight excluding hydrogens is 416 g/mol. The zero-order chi connectivity index (χ0) is 21.5. The zero-order valence-corrected chi connectivity index (χ0v) is 17.7. The summed E-state index contributed by atoms with van der Waals surface area (Å²) >= 11 is 6.16. The lowest BCUT2D eigenvalue weighted by Gasteiger charge is -2.27. The van der Waals surface area contributed by atoms with Crippen LogP contribution in [-0.2, 0) is 0 Å². The molecular formula is C23H21ClN4O3. The van der Waals surface area contributed by atoms with Crippen LogP contribution in [0.5, 0.6) is 5.75 Å². The molecule has 1 N–H and O–H groups in total. The fourth-order valence-corrected chi connectivity index (χ4v) is 4.60. The summed E-state index contributed by atoms with van der Waals surface area (Å²) in [5.74, 6) is 0.600. The number of hydrogen-bond acceptors (Lipinski definition) is 5. The number of para-hydroxylation sites is 1. The van der Waals surface area contributed by atoms with E-state index in [1.54, 1.807) is 42.1 Å². The molecule has 7 nitrogen and oxygen atoms in total. The van der Waals surface area contributed by atoms with E-state index in [4.69, 9.17) is 16.3 Å². The van der Waals surface area contributed by atoms with Gasteiger partial charge in [-0.3, -0.25) is 14.3 Å². The molecule has 2 aromatic carbocycles. The molecule has 0 aliphatic carbocycles. The van der Waals surface area contributed by atoms with Gasteiger partial charge in [-0.1, -0.05) is 29.8 Å². The minimum Gasteiger partial charge on any atom is -0.494 e. The summed E-state index contributed by atoms with van der Waals surface area (Å²) < 4.78 is 8.43. The maximum absolute atomic E-state index is 13.8. The highest BCUT2D eigenvalue weighted by molar-refractivity contribution is 6.30. The Morgan fingerprint density at radius 2 is 1.87 bits per heavy atom. The van der Waals surface area contributed by atoms with Crippen molar-refractivity contribution in [1.82, 2.24) is 19.4 Å². The number of nitrogens with zero attached hydrogens (tertiary/aromatic N) is 3. The first-order valence-corrected chi connectivity index (χ1v) is 10.6. The number of hydrogen-bond donors (Lipinski definition) is 1. The van der Waals surface area contributed by atoms with Crippen molar-refractivity contribution in [2.24, 2.45) is 0 Å². The third-order valence-corrected chi connectivity index (χ3v) is 6.10. The topological polar surface area (TPSA) is 78.2 Å². The summed E-state index contributed by atoms with van der Waals surface area (Å²) in [6, 6.07) is 12.3. The zero-order valence-electron chi connectivity index (χ0n) is 17.0. The Hall–Kier alpha value is -3.16. The Morgan fingerprint density at radius 1 is 1.10 bits per heavy atom. The maximum atomic E-state index is 13.8. The minimum absolute atomic E-state index is 0.0425. The van der Waals surface area contributed by atoms with Gasteiger partial charge >= 0.3 is 5.69 Å². The molecule has 4 aromatic rings. The molecule has 0 amide bonds. The number of fused-ring (bicyclic) bond motifs is 3. The number of pyridine rings is 1. The molecule has 31 heavy (non-hydrogen) atoms. The van der Waals surface area contributed by atoms with Gasteiger partial charge in [-0.25, -0.2) is 9.36 Å². The van der Waals surface area contributed by atoms with Crippen molar-refractivity contribution in [2.75, 3.05) is 20.2 Å². The van der Waals surface area contributed by atoms with Crippen LogP contribution in [0, 0.1) is 0 Å².